The molecule has 1 saturated carbocycles. The third-order valence-electron chi connectivity index (χ3n) is 3.59. The first-order valence-corrected chi connectivity index (χ1v) is 7.22. The van der Waals surface area contributed by atoms with E-state index in [1.807, 2.05) is 26.0 Å². The molecule has 3 aromatic heterocycles. The lowest BCUT2D eigenvalue weighted by Crippen LogP contribution is -2.15. The number of aromatic nitrogens is 4. The average molecular weight is 297 g/mol. The van der Waals surface area contributed by atoms with Crippen LogP contribution in [-0.2, 0) is 4.79 Å². The van der Waals surface area contributed by atoms with Gasteiger partial charge in [0.25, 0.3) is 0 Å². The molecule has 1 N–H and O–H groups in total. The molecule has 7 nitrogen and oxygen atoms in total. The van der Waals surface area contributed by atoms with E-state index < -0.39 is 0 Å². The van der Waals surface area contributed by atoms with Gasteiger partial charge in [0, 0.05) is 12.0 Å². The Morgan fingerprint density at radius 3 is 2.82 bits per heavy atom. The zero-order valence-corrected chi connectivity index (χ0v) is 12.3. The van der Waals surface area contributed by atoms with Crippen molar-refractivity contribution in [2.45, 2.75) is 26.7 Å². The molecule has 1 aliphatic rings. The Kier molecular flexibility index (Phi) is 2.75. The van der Waals surface area contributed by atoms with Crippen molar-refractivity contribution in [3.8, 4) is 11.6 Å². The lowest BCUT2D eigenvalue weighted by atomic mass is 10.3. The maximum absolute atomic E-state index is 12.0. The second-order valence-electron chi connectivity index (χ2n) is 5.57. The van der Waals surface area contributed by atoms with E-state index in [0.717, 1.165) is 18.6 Å². The molecule has 1 amide bonds. The van der Waals surface area contributed by atoms with Crippen LogP contribution in [0, 0.1) is 19.8 Å². The van der Waals surface area contributed by atoms with Gasteiger partial charge in [-0.25, -0.2) is 9.97 Å². The Morgan fingerprint density at radius 2 is 2.14 bits per heavy atom. The van der Waals surface area contributed by atoms with Gasteiger partial charge in [-0.1, -0.05) is 0 Å². The minimum Gasteiger partial charge on any atom is -0.458 e. The van der Waals surface area contributed by atoms with E-state index in [2.05, 4.69) is 20.4 Å². The van der Waals surface area contributed by atoms with Crippen LogP contribution in [0.4, 0.5) is 5.82 Å². The summed E-state index contributed by atoms with van der Waals surface area (Å²) >= 11 is 0. The maximum atomic E-state index is 12.0. The molecule has 3 heterocycles. The number of amides is 1. The van der Waals surface area contributed by atoms with E-state index >= 15 is 0 Å². The van der Waals surface area contributed by atoms with Crippen LogP contribution in [0.3, 0.4) is 0 Å². The second-order valence-corrected chi connectivity index (χ2v) is 5.57. The summed E-state index contributed by atoms with van der Waals surface area (Å²) < 4.78 is 7.27. The highest BCUT2D eigenvalue weighted by molar-refractivity contribution is 5.93. The van der Waals surface area contributed by atoms with Crippen molar-refractivity contribution in [2.24, 2.45) is 5.92 Å². The summed E-state index contributed by atoms with van der Waals surface area (Å²) in [4.78, 5) is 20.8. The predicted molar refractivity (Wildman–Crippen MR) is 79.3 cm³/mol. The minimum atomic E-state index is 0.00895. The van der Waals surface area contributed by atoms with Crippen LogP contribution < -0.4 is 5.32 Å². The van der Waals surface area contributed by atoms with E-state index in [4.69, 9.17) is 4.42 Å². The number of hydrogen-bond donors (Lipinski definition) is 1. The van der Waals surface area contributed by atoms with Crippen LogP contribution in [0.5, 0.6) is 0 Å². The van der Waals surface area contributed by atoms with Crippen molar-refractivity contribution < 1.29 is 9.21 Å². The number of aryl methyl sites for hydroxylation is 2. The molecule has 112 valence electrons. The topological polar surface area (TPSA) is 85.3 Å². The molecule has 0 saturated heterocycles. The number of fused-ring (bicyclic) bond motifs is 1. The summed E-state index contributed by atoms with van der Waals surface area (Å²) in [6.45, 7) is 3.68. The molecule has 0 aromatic carbocycles. The van der Waals surface area contributed by atoms with Crippen LogP contribution in [0.25, 0.3) is 17.2 Å². The average Bonchev–Trinajstić information content (AvgIpc) is 3.13. The molecular formula is C15H15N5O2. The number of rotatable bonds is 3. The Labute approximate surface area is 126 Å². The van der Waals surface area contributed by atoms with Crippen LogP contribution in [0.2, 0.25) is 0 Å². The summed E-state index contributed by atoms with van der Waals surface area (Å²) in [7, 11) is 0. The number of hydrogen-bond acceptors (Lipinski definition) is 5. The second kappa shape index (κ2) is 4.66. The molecule has 1 aliphatic carbocycles. The Balaban J connectivity index is 1.83. The van der Waals surface area contributed by atoms with E-state index in [0.29, 0.717) is 28.9 Å². The zero-order chi connectivity index (χ0) is 15.3. The fourth-order valence-corrected chi connectivity index (χ4v) is 2.35. The summed E-state index contributed by atoms with van der Waals surface area (Å²) in [6.07, 6.45) is 1.89. The Hall–Kier alpha value is -2.70. The molecule has 0 bridgehead atoms. The van der Waals surface area contributed by atoms with Gasteiger partial charge < -0.3 is 9.73 Å². The van der Waals surface area contributed by atoms with Crippen molar-refractivity contribution in [1.82, 2.24) is 19.6 Å². The predicted octanol–water partition coefficient (Wildman–Crippen LogP) is 2.35. The molecule has 0 spiro atoms. The van der Waals surface area contributed by atoms with Gasteiger partial charge in [0.2, 0.25) is 11.7 Å². The number of carbonyl (C=O) groups is 1. The number of nitrogens with one attached hydrogen (secondary N) is 1. The van der Waals surface area contributed by atoms with Gasteiger partial charge in [-0.3, -0.25) is 4.79 Å². The van der Waals surface area contributed by atoms with Crippen LogP contribution in [-0.4, -0.2) is 25.5 Å². The summed E-state index contributed by atoms with van der Waals surface area (Å²) in [6, 6.07) is 5.42. The van der Waals surface area contributed by atoms with Gasteiger partial charge in [0.05, 0.1) is 0 Å². The molecule has 7 heteroatoms. The minimum absolute atomic E-state index is 0.00895. The first-order chi connectivity index (χ1) is 10.6. The molecular weight excluding hydrogens is 282 g/mol. The van der Waals surface area contributed by atoms with Gasteiger partial charge in [-0.15, -0.1) is 5.10 Å². The molecule has 0 aliphatic heterocycles. The highest BCUT2D eigenvalue weighted by atomic mass is 16.3. The lowest BCUT2D eigenvalue weighted by molar-refractivity contribution is -0.117. The molecule has 0 atom stereocenters. The first-order valence-electron chi connectivity index (χ1n) is 7.22. The zero-order valence-electron chi connectivity index (χ0n) is 12.3. The normalized spacial score (nSPS) is 14.5. The van der Waals surface area contributed by atoms with Gasteiger partial charge in [0.15, 0.2) is 11.4 Å². The van der Waals surface area contributed by atoms with Gasteiger partial charge in [0.1, 0.15) is 17.4 Å². The van der Waals surface area contributed by atoms with E-state index in [1.165, 1.54) is 0 Å². The number of anilines is 1. The Morgan fingerprint density at radius 1 is 1.32 bits per heavy atom. The van der Waals surface area contributed by atoms with E-state index in [-0.39, 0.29) is 11.8 Å². The molecule has 1 fully saturated rings. The van der Waals surface area contributed by atoms with Crippen molar-refractivity contribution in [1.29, 1.82) is 0 Å². The van der Waals surface area contributed by atoms with Crippen molar-refractivity contribution in [3.63, 3.8) is 0 Å². The standard InChI is InChI=1S/C15H15N5O2/c1-8-3-6-11(22-8)14-17-12(18-15(21)10-4-5-10)7-13-16-9(2)19-20(13)14/h3,6-7,10H,4-5H2,1-2H3,(H,18,21). The summed E-state index contributed by atoms with van der Waals surface area (Å²) in [5, 5.41) is 7.19. The molecule has 0 radical (unpaired) electrons. The molecule has 22 heavy (non-hydrogen) atoms. The van der Waals surface area contributed by atoms with Gasteiger partial charge in [-0.2, -0.15) is 4.52 Å². The smallest absolute Gasteiger partial charge is 0.228 e. The summed E-state index contributed by atoms with van der Waals surface area (Å²) in [5.74, 6) is 3.14. The van der Waals surface area contributed by atoms with Gasteiger partial charge in [-0.05, 0) is 38.8 Å². The highest BCUT2D eigenvalue weighted by Gasteiger charge is 2.30. The van der Waals surface area contributed by atoms with E-state index in [1.54, 1.807) is 10.6 Å². The lowest BCUT2D eigenvalue weighted by Gasteiger charge is -2.06. The third kappa shape index (κ3) is 2.24. The maximum Gasteiger partial charge on any atom is 0.228 e. The van der Waals surface area contributed by atoms with Gasteiger partial charge >= 0.3 is 0 Å². The number of carbonyl (C=O) groups excluding carboxylic acids is 1. The highest BCUT2D eigenvalue weighted by Crippen LogP contribution is 2.30. The monoisotopic (exact) mass is 297 g/mol. The van der Waals surface area contributed by atoms with Crippen LogP contribution in [0.15, 0.2) is 22.6 Å². The number of furan rings is 1. The fraction of sp³-hybridized carbons (Fsp3) is 0.333. The number of nitrogens with zero attached hydrogens (tertiary/aromatic N) is 4. The quantitative estimate of drug-likeness (QED) is 0.802. The fourth-order valence-electron chi connectivity index (χ4n) is 2.35. The SMILES string of the molecule is Cc1nc2cc(NC(=O)C3CC3)nc(-c3ccc(C)o3)n2n1. The first kappa shape index (κ1) is 13.0. The van der Waals surface area contributed by atoms with Crippen molar-refractivity contribution >= 4 is 17.4 Å². The molecule has 4 rings (SSSR count). The largest absolute Gasteiger partial charge is 0.458 e. The Bertz CT molecular complexity index is 875. The summed E-state index contributed by atoms with van der Waals surface area (Å²) in [5.41, 5.74) is 0.627. The van der Waals surface area contributed by atoms with Crippen molar-refractivity contribution in [2.75, 3.05) is 5.32 Å². The third-order valence-corrected chi connectivity index (χ3v) is 3.59. The molecule has 0 unspecified atom stereocenters. The van der Waals surface area contributed by atoms with Crippen LogP contribution in [0.1, 0.15) is 24.4 Å². The molecule has 3 aromatic rings. The van der Waals surface area contributed by atoms with E-state index in [9.17, 15) is 4.79 Å². The van der Waals surface area contributed by atoms with Crippen LogP contribution >= 0.6 is 0 Å². The van der Waals surface area contributed by atoms with Crippen molar-refractivity contribution in [3.05, 3.63) is 29.8 Å².